The third-order valence-corrected chi connectivity index (χ3v) is 5.43. The standard InChI is InChI=1S/C18H22N8/c1-8-25(9-1)17-3-2-16-21-22-18(26(16)23-17)14-5-10-24(11-6-14)12-15-4-7-19-13-20-15/h2-4,7,13-14H,1,5-6,8-12H2. The first-order valence-electron chi connectivity index (χ1n) is 9.31. The molecular formula is C18H22N8. The number of nitrogens with zero attached hydrogens (tertiary/aromatic N) is 8. The molecule has 5 heterocycles. The molecule has 0 aliphatic carbocycles. The van der Waals surface area contributed by atoms with Gasteiger partial charge in [0.05, 0.1) is 5.69 Å². The Morgan fingerprint density at radius 2 is 1.88 bits per heavy atom. The van der Waals surface area contributed by atoms with Crippen LogP contribution >= 0.6 is 0 Å². The molecule has 0 atom stereocenters. The number of rotatable bonds is 4. The monoisotopic (exact) mass is 350 g/mol. The van der Waals surface area contributed by atoms with Crippen LogP contribution in [0.1, 0.15) is 36.7 Å². The van der Waals surface area contributed by atoms with Gasteiger partial charge in [0.2, 0.25) is 0 Å². The molecule has 3 aromatic rings. The Hall–Kier alpha value is -2.61. The van der Waals surface area contributed by atoms with Gasteiger partial charge in [-0.2, -0.15) is 4.52 Å². The SMILES string of the molecule is c1cc(CN2CCC(c3nnc4ccc(N5CCC5)nn34)CC2)ncn1. The Morgan fingerprint density at radius 1 is 1.00 bits per heavy atom. The summed E-state index contributed by atoms with van der Waals surface area (Å²) in [7, 11) is 0. The lowest BCUT2D eigenvalue weighted by Crippen LogP contribution is -2.38. The Morgan fingerprint density at radius 3 is 2.62 bits per heavy atom. The Bertz CT molecular complexity index is 881. The van der Waals surface area contributed by atoms with Gasteiger partial charge >= 0.3 is 0 Å². The summed E-state index contributed by atoms with van der Waals surface area (Å²) in [5, 5.41) is 13.6. The van der Waals surface area contributed by atoms with Crippen LogP contribution in [0.2, 0.25) is 0 Å². The van der Waals surface area contributed by atoms with Gasteiger partial charge in [0, 0.05) is 31.7 Å². The normalized spacial score (nSPS) is 19.0. The van der Waals surface area contributed by atoms with Crippen LogP contribution in [0.4, 0.5) is 5.82 Å². The summed E-state index contributed by atoms with van der Waals surface area (Å²) in [6.45, 7) is 5.15. The van der Waals surface area contributed by atoms with E-state index < -0.39 is 0 Å². The second-order valence-corrected chi connectivity index (χ2v) is 7.11. The molecule has 0 aromatic carbocycles. The average molecular weight is 350 g/mol. The molecule has 0 bridgehead atoms. The lowest BCUT2D eigenvalue weighted by molar-refractivity contribution is 0.198. The molecule has 0 saturated carbocycles. The summed E-state index contributed by atoms with van der Waals surface area (Å²) in [6, 6.07) is 6.07. The highest BCUT2D eigenvalue weighted by molar-refractivity contribution is 5.47. The van der Waals surface area contributed by atoms with Crippen molar-refractivity contribution in [3.05, 3.63) is 42.2 Å². The predicted octanol–water partition coefficient (Wildman–Crippen LogP) is 1.50. The largest absolute Gasteiger partial charge is 0.355 e. The third-order valence-electron chi connectivity index (χ3n) is 5.43. The molecule has 2 aliphatic heterocycles. The van der Waals surface area contributed by atoms with E-state index in [0.29, 0.717) is 5.92 Å². The number of aromatic nitrogens is 6. The Labute approximate surface area is 151 Å². The number of anilines is 1. The van der Waals surface area contributed by atoms with Gasteiger partial charge in [-0.25, -0.2) is 9.97 Å². The van der Waals surface area contributed by atoms with Crippen LogP contribution in [0.5, 0.6) is 0 Å². The summed E-state index contributed by atoms with van der Waals surface area (Å²) in [6.07, 6.45) is 6.81. The molecule has 0 radical (unpaired) electrons. The van der Waals surface area contributed by atoms with Crippen molar-refractivity contribution in [2.45, 2.75) is 31.7 Å². The van der Waals surface area contributed by atoms with Crippen molar-refractivity contribution in [2.24, 2.45) is 0 Å². The molecule has 2 aliphatic rings. The summed E-state index contributed by atoms with van der Waals surface area (Å²) in [5.74, 6) is 2.45. The number of piperidine rings is 1. The lowest BCUT2D eigenvalue weighted by Gasteiger charge is -2.32. The van der Waals surface area contributed by atoms with E-state index >= 15 is 0 Å². The van der Waals surface area contributed by atoms with Crippen molar-refractivity contribution in [1.82, 2.24) is 34.7 Å². The minimum atomic E-state index is 0.408. The topological polar surface area (TPSA) is 75.3 Å². The molecule has 5 rings (SSSR count). The van der Waals surface area contributed by atoms with Crippen LogP contribution in [0, 0.1) is 0 Å². The van der Waals surface area contributed by atoms with Gasteiger partial charge in [0.15, 0.2) is 11.5 Å². The maximum absolute atomic E-state index is 4.81. The average Bonchev–Trinajstić information content (AvgIpc) is 3.05. The lowest BCUT2D eigenvalue weighted by atomic mass is 9.96. The zero-order valence-electron chi connectivity index (χ0n) is 14.7. The highest BCUT2D eigenvalue weighted by Gasteiger charge is 2.26. The van der Waals surface area contributed by atoms with Gasteiger partial charge in [0.1, 0.15) is 12.1 Å². The molecular weight excluding hydrogens is 328 g/mol. The van der Waals surface area contributed by atoms with E-state index in [2.05, 4.69) is 36.0 Å². The highest BCUT2D eigenvalue weighted by Crippen LogP contribution is 2.28. The zero-order chi connectivity index (χ0) is 17.3. The Balaban J connectivity index is 1.30. The van der Waals surface area contributed by atoms with E-state index in [0.717, 1.165) is 68.5 Å². The first kappa shape index (κ1) is 15.6. The number of fused-ring (bicyclic) bond motifs is 1. The summed E-state index contributed by atoms with van der Waals surface area (Å²) >= 11 is 0. The van der Waals surface area contributed by atoms with Gasteiger partial charge < -0.3 is 4.90 Å². The van der Waals surface area contributed by atoms with Gasteiger partial charge in [0.25, 0.3) is 0 Å². The van der Waals surface area contributed by atoms with Gasteiger partial charge in [-0.15, -0.1) is 15.3 Å². The quantitative estimate of drug-likeness (QED) is 0.706. The van der Waals surface area contributed by atoms with E-state index in [1.54, 1.807) is 12.5 Å². The maximum Gasteiger partial charge on any atom is 0.178 e. The van der Waals surface area contributed by atoms with E-state index in [9.17, 15) is 0 Å². The first-order chi connectivity index (χ1) is 12.9. The molecule has 134 valence electrons. The van der Waals surface area contributed by atoms with Gasteiger partial charge in [-0.05, 0) is 50.6 Å². The number of hydrogen-bond donors (Lipinski definition) is 0. The molecule has 8 heteroatoms. The highest BCUT2D eigenvalue weighted by atomic mass is 15.4. The molecule has 0 spiro atoms. The van der Waals surface area contributed by atoms with Crippen molar-refractivity contribution in [3.63, 3.8) is 0 Å². The van der Waals surface area contributed by atoms with Crippen molar-refractivity contribution >= 4 is 11.5 Å². The summed E-state index contributed by atoms with van der Waals surface area (Å²) in [4.78, 5) is 13.1. The first-order valence-corrected chi connectivity index (χ1v) is 9.31. The molecule has 3 aromatic heterocycles. The molecule has 2 fully saturated rings. The molecule has 2 saturated heterocycles. The fourth-order valence-corrected chi connectivity index (χ4v) is 3.75. The zero-order valence-corrected chi connectivity index (χ0v) is 14.7. The maximum atomic E-state index is 4.81. The summed E-state index contributed by atoms with van der Waals surface area (Å²) in [5.41, 5.74) is 1.92. The minimum Gasteiger partial charge on any atom is -0.355 e. The molecule has 26 heavy (non-hydrogen) atoms. The van der Waals surface area contributed by atoms with Crippen molar-refractivity contribution in [1.29, 1.82) is 0 Å². The number of likely N-dealkylation sites (tertiary alicyclic amines) is 1. The third kappa shape index (κ3) is 2.90. The van der Waals surface area contributed by atoms with E-state index in [4.69, 9.17) is 5.10 Å². The molecule has 8 nitrogen and oxygen atoms in total. The van der Waals surface area contributed by atoms with Crippen LogP contribution in [-0.2, 0) is 6.54 Å². The van der Waals surface area contributed by atoms with Gasteiger partial charge in [-0.1, -0.05) is 0 Å². The van der Waals surface area contributed by atoms with E-state index in [1.165, 1.54) is 6.42 Å². The second-order valence-electron chi connectivity index (χ2n) is 7.11. The second kappa shape index (κ2) is 6.60. The van der Waals surface area contributed by atoms with E-state index in [-0.39, 0.29) is 0 Å². The Kier molecular flexibility index (Phi) is 3.97. The van der Waals surface area contributed by atoms with Gasteiger partial charge in [-0.3, -0.25) is 4.90 Å². The van der Waals surface area contributed by atoms with Crippen LogP contribution in [0.3, 0.4) is 0 Å². The predicted molar refractivity (Wildman–Crippen MR) is 96.9 cm³/mol. The van der Waals surface area contributed by atoms with Crippen molar-refractivity contribution in [2.75, 3.05) is 31.1 Å². The van der Waals surface area contributed by atoms with E-state index in [1.807, 2.05) is 16.6 Å². The van der Waals surface area contributed by atoms with Crippen molar-refractivity contribution in [3.8, 4) is 0 Å². The van der Waals surface area contributed by atoms with Crippen LogP contribution in [-0.4, -0.2) is 60.9 Å². The summed E-state index contributed by atoms with van der Waals surface area (Å²) < 4.78 is 1.96. The van der Waals surface area contributed by atoms with Crippen LogP contribution < -0.4 is 4.90 Å². The van der Waals surface area contributed by atoms with Crippen LogP contribution in [0.25, 0.3) is 5.65 Å². The minimum absolute atomic E-state index is 0.408. The van der Waals surface area contributed by atoms with Crippen molar-refractivity contribution < 1.29 is 0 Å². The fourth-order valence-electron chi connectivity index (χ4n) is 3.75. The smallest absolute Gasteiger partial charge is 0.178 e. The fraction of sp³-hybridized carbons (Fsp3) is 0.500. The number of hydrogen-bond acceptors (Lipinski definition) is 7. The molecule has 0 amide bonds. The molecule has 0 N–H and O–H groups in total. The molecule has 0 unspecified atom stereocenters. The van der Waals surface area contributed by atoms with Crippen LogP contribution in [0.15, 0.2) is 30.7 Å².